The number of halogens is 1. The molecule has 3 heteroatoms. The van der Waals surface area contributed by atoms with Gasteiger partial charge in [-0.1, -0.05) is 23.7 Å². The normalized spacial score (nSPS) is 11.3. The SMILES string of the molecule is Cc1ccc2cc(COc3ccc(Cl)cc3)n(C(C)C)c2c1. The minimum absolute atomic E-state index is 0.392. The van der Waals surface area contributed by atoms with E-state index in [0.29, 0.717) is 12.6 Å². The van der Waals surface area contributed by atoms with Crippen molar-refractivity contribution in [3.05, 3.63) is 64.8 Å². The van der Waals surface area contributed by atoms with Gasteiger partial charge in [0.05, 0.1) is 5.69 Å². The van der Waals surface area contributed by atoms with Crippen LogP contribution in [-0.2, 0) is 6.61 Å². The summed E-state index contributed by atoms with van der Waals surface area (Å²) in [5.41, 5.74) is 3.73. The van der Waals surface area contributed by atoms with Crippen LogP contribution in [0.25, 0.3) is 10.9 Å². The number of aryl methyl sites for hydroxylation is 1. The lowest BCUT2D eigenvalue weighted by Crippen LogP contribution is -2.08. The Morgan fingerprint density at radius 2 is 1.77 bits per heavy atom. The summed E-state index contributed by atoms with van der Waals surface area (Å²) in [7, 11) is 0. The zero-order chi connectivity index (χ0) is 15.7. The van der Waals surface area contributed by atoms with Crippen molar-refractivity contribution >= 4 is 22.5 Å². The first kappa shape index (κ1) is 15.0. The van der Waals surface area contributed by atoms with Crippen LogP contribution in [0, 0.1) is 6.92 Å². The van der Waals surface area contributed by atoms with E-state index in [2.05, 4.69) is 49.6 Å². The molecular weight excluding hydrogens is 294 g/mol. The van der Waals surface area contributed by atoms with Crippen LogP contribution < -0.4 is 4.74 Å². The van der Waals surface area contributed by atoms with Crippen LogP contribution in [0.4, 0.5) is 0 Å². The van der Waals surface area contributed by atoms with Crippen molar-refractivity contribution in [2.24, 2.45) is 0 Å². The van der Waals surface area contributed by atoms with Gasteiger partial charge in [0.15, 0.2) is 0 Å². The van der Waals surface area contributed by atoms with Gasteiger partial charge in [-0.2, -0.15) is 0 Å². The first-order valence-corrected chi connectivity index (χ1v) is 7.91. The summed E-state index contributed by atoms with van der Waals surface area (Å²) in [6.45, 7) is 7.08. The minimum Gasteiger partial charge on any atom is -0.487 e. The van der Waals surface area contributed by atoms with Crippen molar-refractivity contribution in [1.29, 1.82) is 0 Å². The number of hydrogen-bond donors (Lipinski definition) is 0. The van der Waals surface area contributed by atoms with Crippen molar-refractivity contribution in [3.8, 4) is 5.75 Å². The van der Waals surface area contributed by atoms with E-state index in [0.717, 1.165) is 10.8 Å². The Morgan fingerprint density at radius 3 is 2.45 bits per heavy atom. The Hall–Kier alpha value is -1.93. The first-order valence-electron chi connectivity index (χ1n) is 7.53. The molecule has 0 aliphatic heterocycles. The summed E-state index contributed by atoms with van der Waals surface area (Å²) >= 11 is 5.90. The van der Waals surface area contributed by atoms with Crippen LogP contribution in [0.5, 0.6) is 5.75 Å². The highest BCUT2D eigenvalue weighted by Gasteiger charge is 2.12. The number of rotatable bonds is 4. The lowest BCUT2D eigenvalue weighted by atomic mass is 10.2. The van der Waals surface area contributed by atoms with Gasteiger partial charge in [-0.05, 0) is 62.7 Å². The van der Waals surface area contributed by atoms with Crippen molar-refractivity contribution in [3.63, 3.8) is 0 Å². The summed E-state index contributed by atoms with van der Waals surface area (Å²) in [5, 5.41) is 1.98. The fourth-order valence-electron chi connectivity index (χ4n) is 2.80. The number of aromatic nitrogens is 1. The van der Waals surface area contributed by atoms with E-state index in [1.807, 2.05) is 24.3 Å². The standard InChI is InChI=1S/C19H20ClNO/c1-13(2)21-17(11-15-5-4-14(3)10-19(15)21)12-22-18-8-6-16(20)7-9-18/h4-11,13H,12H2,1-3H3. The van der Waals surface area contributed by atoms with Gasteiger partial charge in [-0.3, -0.25) is 0 Å². The quantitative estimate of drug-likeness (QED) is 0.597. The molecule has 2 aromatic carbocycles. The second-order valence-electron chi connectivity index (χ2n) is 5.90. The summed E-state index contributed by atoms with van der Waals surface area (Å²) in [5.74, 6) is 0.834. The highest BCUT2D eigenvalue weighted by Crippen LogP contribution is 2.26. The van der Waals surface area contributed by atoms with Gasteiger partial charge < -0.3 is 9.30 Å². The Balaban J connectivity index is 1.92. The van der Waals surface area contributed by atoms with Crippen LogP contribution in [-0.4, -0.2) is 4.57 Å². The number of fused-ring (bicyclic) bond motifs is 1. The highest BCUT2D eigenvalue weighted by molar-refractivity contribution is 6.30. The number of ether oxygens (including phenoxy) is 1. The maximum Gasteiger partial charge on any atom is 0.128 e. The van der Waals surface area contributed by atoms with Gasteiger partial charge in [0, 0.05) is 22.0 Å². The molecule has 3 rings (SSSR count). The Morgan fingerprint density at radius 1 is 1.05 bits per heavy atom. The van der Waals surface area contributed by atoms with Gasteiger partial charge in [0.1, 0.15) is 12.4 Å². The molecule has 3 aromatic rings. The van der Waals surface area contributed by atoms with Gasteiger partial charge in [0.2, 0.25) is 0 Å². The summed E-state index contributed by atoms with van der Waals surface area (Å²) < 4.78 is 8.26. The zero-order valence-corrected chi connectivity index (χ0v) is 13.9. The third-order valence-corrected chi connectivity index (χ3v) is 4.05. The molecular formula is C19H20ClNO. The third kappa shape index (κ3) is 2.97. The van der Waals surface area contributed by atoms with Crippen LogP contribution in [0.3, 0.4) is 0 Å². The molecule has 1 heterocycles. The molecule has 0 N–H and O–H groups in total. The number of hydrogen-bond acceptors (Lipinski definition) is 1. The molecule has 0 saturated carbocycles. The van der Waals surface area contributed by atoms with Crippen LogP contribution in [0.2, 0.25) is 5.02 Å². The smallest absolute Gasteiger partial charge is 0.128 e. The average Bonchev–Trinajstić information content (AvgIpc) is 2.84. The molecule has 0 bridgehead atoms. The van der Waals surface area contributed by atoms with E-state index >= 15 is 0 Å². The molecule has 0 saturated heterocycles. The molecule has 0 aliphatic rings. The largest absolute Gasteiger partial charge is 0.487 e. The van der Waals surface area contributed by atoms with E-state index in [1.54, 1.807) is 0 Å². The van der Waals surface area contributed by atoms with Crippen LogP contribution >= 0.6 is 11.6 Å². The lowest BCUT2D eigenvalue weighted by Gasteiger charge is -2.15. The molecule has 0 amide bonds. The Bertz CT molecular complexity index is 787. The predicted octanol–water partition coefficient (Wildman–Crippen LogP) is 5.76. The van der Waals surface area contributed by atoms with Crippen molar-refractivity contribution in [1.82, 2.24) is 4.57 Å². The topological polar surface area (TPSA) is 14.2 Å². The molecule has 0 unspecified atom stereocenters. The van der Waals surface area contributed by atoms with Crippen LogP contribution in [0.15, 0.2) is 48.5 Å². The third-order valence-electron chi connectivity index (χ3n) is 3.79. The van der Waals surface area contributed by atoms with Crippen molar-refractivity contribution in [2.45, 2.75) is 33.4 Å². The number of nitrogens with zero attached hydrogens (tertiary/aromatic N) is 1. The monoisotopic (exact) mass is 313 g/mol. The Labute approximate surface area is 136 Å². The van der Waals surface area contributed by atoms with E-state index < -0.39 is 0 Å². The first-order chi connectivity index (χ1) is 10.5. The summed E-state index contributed by atoms with van der Waals surface area (Å²) in [6.07, 6.45) is 0. The fourth-order valence-corrected chi connectivity index (χ4v) is 2.92. The van der Waals surface area contributed by atoms with Gasteiger partial charge in [-0.15, -0.1) is 0 Å². The molecule has 22 heavy (non-hydrogen) atoms. The van der Waals surface area contributed by atoms with E-state index in [4.69, 9.17) is 16.3 Å². The minimum atomic E-state index is 0.392. The van der Waals surface area contributed by atoms with Crippen molar-refractivity contribution < 1.29 is 4.74 Å². The zero-order valence-electron chi connectivity index (χ0n) is 13.1. The van der Waals surface area contributed by atoms with Crippen molar-refractivity contribution in [2.75, 3.05) is 0 Å². The fraction of sp³-hybridized carbons (Fsp3) is 0.263. The second kappa shape index (κ2) is 6.05. The maximum atomic E-state index is 5.92. The Kier molecular flexibility index (Phi) is 4.12. The number of benzene rings is 2. The van der Waals surface area contributed by atoms with Crippen LogP contribution in [0.1, 0.15) is 31.1 Å². The molecule has 0 fully saturated rings. The molecule has 0 atom stereocenters. The maximum absolute atomic E-state index is 5.92. The molecule has 2 nitrogen and oxygen atoms in total. The second-order valence-corrected chi connectivity index (χ2v) is 6.34. The van der Waals surface area contributed by atoms with Gasteiger partial charge in [-0.25, -0.2) is 0 Å². The molecule has 114 valence electrons. The predicted molar refractivity (Wildman–Crippen MR) is 92.8 cm³/mol. The molecule has 0 radical (unpaired) electrons. The van der Waals surface area contributed by atoms with E-state index in [9.17, 15) is 0 Å². The average molecular weight is 314 g/mol. The lowest BCUT2D eigenvalue weighted by molar-refractivity contribution is 0.293. The summed E-state index contributed by atoms with van der Waals surface area (Å²) in [4.78, 5) is 0. The summed E-state index contributed by atoms with van der Waals surface area (Å²) in [6, 6.07) is 16.7. The van der Waals surface area contributed by atoms with Gasteiger partial charge >= 0.3 is 0 Å². The van der Waals surface area contributed by atoms with E-state index in [-0.39, 0.29) is 0 Å². The molecule has 1 aromatic heterocycles. The molecule has 0 aliphatic carbocycles. The molecule has 0 spiro atoms. The van der Waals surface area contributed by atoms with E-state index in [1.165, 1.54) is 22.2 Å². The highest BCUT2D eigenvalue weighted by atomic mass is 35.5. The van der Waals surface area contributed by atoms with Gasteiger partial charge in [0.25, 0.3) is 0 Å².